The van der Waals surface area contributed by atoms with E-state index in [0.29, 0.717) is 23.8 Å². The predicted octanol–water partition coefficient (Wildman–Crippen LogP) is 4.38. The molecule has 8 heteroatoms. The Labute approximate surface area is 200 Å². The monoisotopic (exact) mass is 465 g/mol. The van der Waals surface area contributed by atoms with Crippen molar-refractivity contribution in [1.29, 1.82) is 0 Å². The Morgan fingerprint density at radius 1 is 0.971 bits per heavy atom. The minimum absolute atomic E-state index is 0.0463. The van der Waals surface area contributed by atoms with Gasteiger partial charge in [0, 0.05) is 18.2 Å². The molecule has 0 unspecified atom stereocenters. The lowest BCUT2D eigenvalue weighted by Crippen LogP contribution is -2.36. The van der Waals surface area contributed by atoms with Crippen LogP contribution in [0.2, 0.25) is 0 Å². The maximum absolute atomic E-state index is 11.8. The average molecular weight is 466 g/mol. The van der Waals surface area contributed by atoms with Gasteiger partial charge in [-0.25, -0.2) is 0 Å². The molecule has 180 valence electrons. The Morgan fingerprint density at radius 2 is 1.68 bits per heavy atom. The summed E-state index contributed by atoms with van der Waals surface area (Å²) in [5, 5.41) is 3.34. The van der Waals surface area contributed by atoms with E-state index in [0.717, 1.165) is 17.7 Å². The summed E-state index contributed by atoms with van der Waals surface area (Å²) in [7, 11) is 3.19. The number of rotatable bonds is 10. The highest BCUT2D eigenvalue weighted by molar-refractivity contribution is 5.84. The van der Waals surface area contributed by atoms with Crippen molar-refractivity contribution in [3.05, 3.63) is 60.2 Å². The van der Waals surface area contributed by atoms with E-state index in [2.05, 4.69) is 15.3 Å². The van der Waals surface area contributed by atoms with Crippen LogP contribution in [-0.4, -0.2) is 48.9 Å². The molecule has 1 N–H and O–H groups in total. The standard InChI is InChI=1S/C25H29N3O4.CH2O/c1-17(29)25(2,3)32-21-8-6-7-19(15-21)22-16-23(28-24(27-22)31-5)26-14-13-18-9-11-20(30-4)12-10-18;1-2/h6-12,15-16H,13-14H2,1-5H3,(H,26,27,28);1H2. The van der Waals surface area contributed by atoms with Crippen molar-refractivity contribution in [2.45, 2.75) is 32.8 Å². The molecule has 1 aromatic heterocycles. The molecule has 0 aliphatic rings. The molecule has 0 atom stereocenters. The van der Waals surface area contributed by atoms with Crippen molar-refractivity contribution in [3.8, 4) is 28.8 Å². The zero-order chi connectivity index (χ0) is 25.1. The van der Waals surface area contributed by atoms with Crippen LogP contribution in [0.3, 0.4) is 0 Å². The first-order valence-corrected chi connectivity index (χ1v) is 10.7. The molecule has 1 heterocycles. The minimum Gasteiger partial charge on any atom is -0.497 e. The number of benzene rings is 2. The van der Waals surface area contributed by atoms with E-state index in [9.17, 15) is 4.79 Å². The summed E-state index contributed by atoms with van der Waals surface area (Å²) in [6, 6.07) is 17.6. The SMILES string of the molecule is C=O.COc1ccc(CCNc2cc(-c3cccc(OC(C)(C)C(C)=O)c3)nc(OC)n2)cc1. The van der Waals surface area contributed by atoms with Crippen LogP contribution in [0.25, 0.3) is 11.3 Å². The van der Waals surface area contributed by atoms with Crippen molar-refractivity contribution >= 4 is 18.4 Å². The highest BCUT2D eigenvalue weighted by Gasteiger charge is 2.25. The van der Waals surface area contributed by atoms with Gasteiger partial charge in [0.1, 0.15) is 24.1 Å². The number of carbonyl (C=O) groups is 2. The van der Waals surface area contributed by atoms with Crippen molar-refractivity contribution < 1.29 is 23.8 Å². The molecule has 0 amide bonds. The molecular formula is C26H31N3O5. The molecule has 0 aliphatic heterocycles. The van der Waals surface area contributed by atoms with Crippen LogP contribution < -0.4 is 19.5 Å². The first kappa shape index (κ1) is 26.3. The Morgan fingerprint density at radius 3 is 2.29 bits per heavy atom. The molecule has 0 fully saturated rings. The van der Waals surface area contributed by atoms with Crippen LogP contribution in [0.5, 0.6) is 17.5 Å². The number of carbonyl (C=O) groups excluding carboxylic acids is 2. The second-order valence-corrected chi connectivity index (χ2v) is 7.85. The first-order valence-electron chi connectivity index (χ1n) is 10.7. The van der Waals surface area contributed by atoms with Crippen LogP contribution in [0.15, 0.2) is 54.6 Å². The molecule has 34 heavy (non-hydrogen) atoms. The number of hydrogen-bond donors (Lipinski definition) is 1. The van der Waals surface area contributed by atoms with Crippen LogP contribution in [0.1, 0.15) is 26.3 Å². The molecule has 3 rings (SSSR count). The fraction of sp³-hybridized carbons (Fsp3) is 0.308. The number of hydrogen-bond acceptors (Lipinski definition) is 8. The lowest BCUT2D eigenvalue weighted by Gasteiger charge is -2.23. The van der Waals surface area contributed by atoms with E-state index in [1.165, 1.54) is 19.6 Å². The summed E-state index contributed by atoms with van der Waals surface area (Å²) in [4.78, 5) is 28.7. The molecule has 0 saturated carbocycles. The van der Waals surface area contributed by atoms with E-state index in [1.807, 2.05) is 61.4 Å². The lowest BCUT2D eigenvalue weighted by molar-refractivity contribution is -0.129. The number of nitrogens with one attached hydrogen (secondary N) is 1. The van der Waals surface area contributed by atoms with Crippen LogP contribution in [0.4, 0.5) is 5.82 Å². The van der Waals surface area contributed by atoms with Crippen molar-refractivity contribution in [2.24, 2.45) is 0 Å². The number of methoxy groups -OCH3 is 2. The molecule has 0 radical (unpaired) electrons. The van der Waals surface area contributed by atoms with Gasteiger partial charge in [-0.05, 0) is 57.0 Å². The fourth-order valence-electron chi connectivity index (χ4n) is 2.97. The maximum Gasteiger partial charge on any atom is 0.318 e. The van der Waals surface area contributed by atoms with Crippen molar-refractivity contribution in [2.75, 3.05) is 26.1 Å². The number of aromatic nitrogens is 2. The van der Waals surface area contributed by atoms with Gasteiger partial charge in [0.2, 0.25) is 0 Å². The molecule has 0 saturated heterocycles. The second kappa shape index (κ2) is 12.3. The average Bonchev–Trinajstić information content (AvgIpc) is 2.85. The van der Waals surface area contributed by atoms with Gasteiger partial charge in [0.05, 0.1) is 19.9 Å². The minimum atomic E-state index is -0.907. The third kappa shape index (κ3) is 7.30. The smallest absolute Gasteiger partial charge is 0.318 e. The van der Waals surface area contributed by atoms with Crippen LogP contribution in [0, 0.1) is 0 Å². The normalized spacial score (nSPS) is 10.5. The maximum atomic E-state index is 11.8. The summed E-state index contributed by atoms with van der Waals surface area (Å²) < 4.78 is 16.4. The van der Waals surface area contributed by atoms with Gasteiger partial charge in [0.25, 0.3) is 0 Å². The third-order valence-electron chi connectivity index (χ3n) is 5.12. The largest absolute Gasteiger partial charge is 0.497 e. The number of nitrogens with zero attached hydrogens (tertiary/aromatic N) is 2. The Kier molecular flexibility index (Phi) is 9.55. The van der Waals surface area contributed by atoms with E-state index in [1.54, 1.807) is 21.0 Å². The van der Waals surface area contributed by atoms with Gasteiger partial charge in [0.15, 0.2) is 11.4 Å². The van der Waals surface area contributed by atoms with Crippen LogP contribution in [-0.2, 0) is 16.0 Å². The molecule has 2 aromatic carbocycles. The molecule has 0 bridgehead atoms. The predicted molar refractivity (Wildman–Crippen MR) is 132 cm³/mol. The zero-order valence-corrected chi connectivity index (χ0v) is 20.3. The number of anilines is 1. The number of ketones is 1. The number of ether oxygens (including phenoxy) is 3. The van der Waals surface area contributed by atoms with E-state index in [-0.39, 0.29) is 11.8 Å². The highest BCUT2D eigenvalue weighted by Crippen LogP contribution is 2.28. The summed E-state index contributed by atoms with van der Waals surface area (Å²) in [5.74, 6) is 2.05. The summed E-state index contributed by atoms with van der Waals surface area (Å²) in [5.41, 5.74) is 1.81. The van der Waals surface area contributed by atoms with E-state index < -0.39 is 5.60 Å². The molecule has 0 spiro atoms. The zero-order valence-electron chi connectivity index (χ0n) is 20.3. The van der Waals surface area contributed by atoms with Crippen molar-refractivity contribution in [1.82, 2.24) is 9.97 Å². The summed E-state index contributed by atoms with van der Waals surface area (Å²) >= 11 is 0. The Bertz CT molecular complexity index is 1080. The molecule has 8 nitrogen and oxygen atoms in total. The highest BCUT2D eigenvalue weighted by atomic mass is 16.5. The summed E-state index contributed by atoms with van der Waals surface area (Å²) in [6.07, 6.45) is 0.828. The van der Waals surface area contributed by atoms with Gasteiger partial charge < -0.3 is 24.3 Å². The third-order valence-corrected chi connectivity index (χ3v) is 5.12. The van der Waals surface area contributed by atoms with E-state index >= 15 is 0 Å². The van der Waals surface area contributed by atoms with Crippen LogP contribution >= 0.6 is 0 Å². The van der Waals surface area contributed by atoms with Gasteiger partial charge in [-0.15, -0.1) is 0 Å². The van der Waals surface area contributed by atoms with Gasteiger partial charge >= 0.3 is 6.01 Å². The number of Topliss-reactive ketones (excluding diaryl/α,β-unsaturated/α-hetero) is 1. The fourth-order valence-corrected chi connectivity index (χ4v) is 2.97. The Balaban J connectivity index is 0.00000199. The lowest BCUT2D eigenvalue weighted by atomic mass is 10.0. The van der Waals surface area contributed by atoms with E-state index in [4.69, 9.17) is 19.0 Å². The first-order chi connectivity index (χ1) is 16.3. The Hall–Kier alpha value is -3.94. The van der Waals surface area contributed by atoms with Gasteiger partial charge in [-0.1, -0.05) is 24.3 Å². The topological polar surface area (TPSA) is 99.6 Å². The van der Waals surface area contributed by atoms with Crippen molar-refractivity contribution in [3.63, 3.8) is 0 Å². The van der Waals surface area contributed by atoms with Gasteiger partial charge in [-0.3, -0.25) is 4.79 Å². The quantitative estimate of drug-likeness (QED) is 0.471. The van der Waals surface area contributed by atoms with Gasteiger partial charge in [-0.2, -0.15) is 9.97 Å². The molecule has 0 aliphatic carbocycles. The summed E-state index contributed by atoms with van der Waals surface area (Å²) in [6.45, 7) is 7.71. The molecular weight excluding hydrogens is 434 g/mol. The second-order valence-electron chi connectivity index (χ2n) is 7.85. The molecule has 3 aromatic rings.